The van der Waals surface area contributed by atoms with Crippen molar-refractivity contribution in [3.05, 3.63) is 0 Å². The fourth-order valence-electron chi connectivity index (χ4n) is 2.46. The molecule has 2 atom stereocenters. The number of rotatable bonds is 5. The second kappa shape index (κ2) is 7.36. The van der Waals surface area contributed by atoms with E-state index in [1.54, 1.807) is 0 Å². The fourth-order valence-corrected chi connectivity index (χ4v) is 2.46. The number of aliphatic carboxylic acids is 1. The first-order valence-corrected chi connectivity index (χ1v) is 7.23. The molecule has 3 N–H and O–H groups in total. The van der Waals surface area contributed by atoms with Gasteiger partial charge in [0.05, 0.1) is 0 Å². The van der Waals surface area contributed by atoms with Gasteiger partial charge in [-0.15, -0.1) is 0 Å². The molecule has 2 amide bonds. The van der Waals surface area contributed by atoms with Gasteiger partial charge in [0.2, 0.25) is 0 Å². The van der Waals surface area contributed by atoms with Crippen molar-refractivity contribution in [2.24, 2.45) is 11.8 Å². The van der Waals surface area contributed by atoms with Gasteiger partial charge in [0.15, 0.2) is 0 Å². The molecule has 0 aromatic rings. The zero-order chi connectivity index (χ0) is 14.4. The second-order valence-corrected chi connectivity index (χ2v) is 5.78. The fraction of sp³-hybridized carbons (Fsp3) is 0.857. The number of carboxylic acid groups (broad SMARTS) is 1. The molecule has 0 aliphatic heterocycles. The van der Waals surface area contributed by atoms with Crippen LogP contribution in [-0.4, -0.2) is 29.2 Å². The van der Waals surface area contributed by atoms with Crippen LogP contribution in [-0.2, 0) is 4.79 Å². The number of carboxylic acids is 1. The second-order valence-electron chi connectivity index (χ2n) is 5.78. The van der Waals surface area contributed by atoms with Crippen molar-refractivity contribution in [3.63, 3.8) is 0 Å². The van der Waals surface area contributed by atoms with Gasteiger partial charge in [0.1, 0.15) is 6.04 Å². The number of urea groups is 1. The van der Waals surface area contributed by atoms with Gasteiger partial charge in [-0.05, 0) is 37.5 Å². The van der Waals surface area contributed by atoms with Crippen LogP contribution >= 0.6 is 0 Å². The SMILES string of the molecule is CCC(C)C(NC(=O)NC1CCC(C)CC1)C(=O)O. The summed E-state index contributed by atoms with van der Waals surface area (Å²) in [5, 5.41) is 14.6. The Morgan fingerprint density at radius 1 is 1.26 bits per heavy atom. The molecule has 0 radical (unpaired) electrons. The van der Waals surface area contributed by atoms with Crippen molar-refractivity contribution >= 4 is 12.0 Å². The summed E-state index contributed by atoms with van der Waals surface area (Å²) in [5.74, 6) is -0.315. The van der Waals surface area contributed by atoms with Crippen molar-refractivity contribution in [1.82, 2.24) is 10.6 Å². The van der Waals surface area contributed by atoms with Gasteiger partial charge in [-0.2, -0.15) is 0 Å². The topological polar surface area (TPSA) is 78.4 Å². The average Bonchev–Trinajstić information content (AvgIpc) is 2.37. The summed E-state index contributed by atoms with van der Waals surface area (Å²) in [5.41, 5.74) is 0. The van der Waals surface area contributed by atoms with E-state index < -0.39 is 12.0 Å². The van der Waals surface area contributed by atoms with E-state index in [-0.39, 0.29) is 18.0 Å². The summed E-state index contributed by atoms with van der Waals surface area (Å²) in [6.07, 6.45) is 4.93. The summed E-state index contributed by atoms with van der Waals surface area (Å²) in [4.78, 5) is 23.0. The zero-order valence-corrected chi connectivity index (χ0v) is 12.1. The molecule has 19 heavy (non-hydrogen) atoms. The van der Waals surface area contributed by atoms with Crippen molar-refractivity contribution in [2.45, 2.75) is 65.0 Å². The molecule has 5 nitrogen and oxygen atoms in total. The molecule has 1 aliphatic rings. The minimum Gasteiger partial charge on any atom is -0.480 e. The Kier molecular flexibility index (Phi) is 6.12. The summed E-state index contributed by atoms with van der Waals surface area (Å²) < 4.78 is 0. The van der Waals surface area contributed by atoms with E-state index in [1.807, 2.05) is 13.8 Å². The Labute approximate surface area is 115 Å². The Bertz CT molecular complexity index is 312. The lowest BCUT2D eigenvalue weighted by molar-refractivity contribution is -0.140. The smallest absolute Gasteiger partial charge is 0.326 e. The van der Waals surface area contributed by atoms with Crippen LogP contribution in [0.3, 0.4) is 0 Å². The first-order chi connectivity index (χ1) is 8.93. The largest absolute Gasteiger partial charge is 0.480 e. The van der Waals surface area contributed by atoms with E-state index in [2.05, 4.69) is 17.6 Å². The summed E-state index contributed by atoms with van der Waals surface area (Å²) >= 11 is 0. The van der Waals surface area contributed by atoms with Crippen molar-refractivity contribution in [3.8, 4) is 0 Å². The van der Waals surface area contributed by atoms with Gasteiger partial charge < -0.3 is 15.7 Å². The van der Waals surface area contributed by atoms with Gasteiger partial charge in [-0.25, -0.2) is 9.59 Å². The number of hydrogen-bond acceptors (Lipinski definition) is 2. The Balaban J connectivity index is 2.42. The van der Waals surface area contributed by atoms with Crippen LogP contribution < -0.4 is 10.6 Å². The summed E-state index contributed by atoms with van der Waals surface area (Å²) in [6.45, 7) is 5.98. The molecule has 0 aromatic carbocycles. The third-order valence-electron chi connectivity index (χ3n) is 4.12. The van der Waals surface area contributed by atoms with E-state index in [4.69, 9.17) is 5.11 Å². The minimum atomic E-state index is -0.971. The monoisotopic (exact) mass is 270 g/mol. The van der Waals surface area contributed by atoms with Crippen LogP contribution in [0.1, 0.15) is 52.9 Å². The number of carbonyl (C=O) groups is 2. The van der Waals surface area contributed by atoms with Crippen LogP contribution in [0.2, 0.25) is 0 Å². The molecule has 0 aromatic heterocycles. The third kappa shape index (κ3) is 5.09. The van der Waals surface area contributed by atoms with Gasteiger partial charge >= 0.3 is 12.0 Å². The van der Waals surface area contributed by atoms with Crippen molar-refractivity contribution < 1.29 is 14.7 Å². The van der Waals surface area contributed by atoms with E-state index >= 15 is 0 Å². The highest BCUT2D eigenvalue weighted by atomic mass is 16.4. The molecule has 0 bridgehead atoms. The minimum absolute atomic E-state index is 0.0744. The lowest BCUT2D eigenvalue weighted by Gasteiger charge is -2.28. The molecule has 1 rings (SSSR count). The third-order valence-corrected chi connectivity index (χ3v) is 4.12. The maximum Gasteiger partial charge on any atom is 0.326 e. The molecule has 2 unspecified atom stereocenters. The average molecular weight is 270 g/mol. The van der Waals surface area contributed by atoms with Gasteiger partial charge in [-0.3, -0.25) is 0 Å². The molecule has 5 heteroatoms. The molecular weight excluding hydrogens is 244 g/mol. The van der Waals surface area contributed by atoms with Crippen molar-refractivity contribution in [1.29, 1.82) is 0 Å². The molecular formula is C14H26N2O3. The predicted molar refractivity (Wildman–Crippen MR) is 74.0 cm³/mol. The zero-order valence-electron chi connectivity index (χ0n) is 12.1. The molecule has 0 heterocycles. The van der Waals surface area contributed by atoms with Crippen LogP contribution in [0.25, 0.3) is 0 Å². The highest BCUT2D eigenvalue weighted by Crippen LogP contribution is 2.23. The van der Waals surface area contributed by atoms with Gasteiger partial charge in [0, 0.05) is 6.04 Å². The normalized spacial score (nSPS) is 26.3. The molecule has 110 valence electrons. The highest BCUT2D eigenvalue weighted by Gasteiger charge is 2.26. The molecule has 0 spiro atoms. The lowest BCUT2D eigenvalue weighted by Crippen LogP contribution is -2.51. The van der Waals surface area contributed by atoms with E-state index in [0.717, 1.165) is 38.0 Å². The van der Waals surface area contributed by atoms with Crippen molar-refractivity contribution in [2.75, 3.05) is 0 Å². The molecule has 1 fully saturated rings. The first-order valence-electron chi connectivity index (χ1n) is 7.23. The number of hydrogen-bond donors (Lipinski definition) is 3. The van der Waals surface area contributed by atoms with Crippen LogP contribution in [0.15, 0.2) is 0 Å². The molecule has 1 saturated carbocycles. The number of carbonyl (C=O) groups excluding carboxylic acids is 1. The quantitative estimate of drug-likeness (QED) is 0.717. The van der Waals surface area contributed by atoms with Crippen LogP contribution in [0.5, 0.6) is 0 Å². The molecule has 0 saturated heterocycles. The standard InChI is InChI=1S/C14H26N2O3/c1-4-10(3)12(13(17)18)16-14(19)15-11-7-5-9(2)6-8-11/h9-12H,4-8H2,1-3H3,(H,17,18)(H2,15,16,19). The maximum atomic E-state index is 11.8. The maximum absolute atomic E-state index is 11.8. The first kappa shape index (κ1) is 15.8. The van der Waals surface area contributed by atoms with E-state index in [1.165, 1.54) is 0 Å². The summed E-state index contributed by atoms with van der Waals surface area (Å²) in [7, 11) is 0. The van der Waals surface area contributed by atoms with E-state index in [9.17, 15) is 9.59 Å². The van der Waals surface area contributed by atoms with Crippen LogP contribution in [0.4, 0.5) is 4.79 Å². The van der Waals surface area contributed by atoms with Gasteiger partial charge in [0.25, 0.3) is 0 Å². The van der Waals surface area contributed by atoms with Gasteiger partial charge in [-0.1, -0.05) is 27.2 Å². The molecule has 1 aliphatic carbocycles. The lowest BCUT2D eigenvalue weighted by atomic mass is 9.87. The predicted octanol–water partition coefficient (Wildman–Crippen LogP) is 2.36. The highest BCUT2D eigenvalue weighted by molar-refractivity contribution is 5.82. The Morgan fingerprint density at radius 3 is 2.32 bits per heavy atom. The van der Waals surface area contributed by atoms with E-state index in [0.29, 0.717) is 0 Å². The number of nitrogens with one attached hydrogen (secondary N) is 2. The van der Waals surface area contributed by atoms with Crippen LogP contribution in [0, 0.1) is 11.8 Å². The number of amides is 2. The summed E-state index contributed by atoms with van der Waals surface area (Å²) in [6, 6.07) is -0.984. The Hall–Kier alpha value is -1.26. The Morgan fingerprint density at radius 2 is 1.84 bits per heavy atom.